The van der Waals surface area contributed by atoms with Gasteiger partial charge in [-0.25, -0.2) is 0 Å². The van der Waals surface area contributed by atoms with Crippen LogP contribution in [0.15, 0.2) is 0 Å². The number of hydrogen-bond acceptors (Lipinski definition) is 0. The highest BCUT2D eigenvalue weighted by molar-refractivity contribution is 4.97. The van der Waals surface area contributed by atoms with E-state index in [0.29, 0.717) is 0 Å². The third-order valence-electron chi connectivity index (χ3n) is 7.07. The molecule has 1 aliphatic heterocycles. The quantitative estimate of drug-likeness (QED) is 0.735. The Morgan fingerprint density at radius 2 is 1.68 bits per heavy atom. The van der Waals surface area contributed by atoms with Gasteiger partial charge in [0.25, 0.3) is 0 Å². The average Bonchev–Trinajstić information content (AvgIpc) is 2.78. The van der Waals surface area contributed by atoms with Crippen molar-refractivity contribution in [3.63, 3.8) is 0 Å². The number of nitrogens with one attached hydrogen (secondary N) is 1. The van der Waals surface area contributed by atoms with Crippen molar-refractivity contribution in [2.45, 2.75) is 63.5 Å². The lowest BCUT2D eigenvalue weighted by atomic mass is 9.54. The molecule has 19 heavy (non-hydrogen) atoms. The number of quaternary nitrogens is 2. The van der Waals surface area contributed by atoms with Crippen molar-refractivity contribution in [2.75, 3.05) is 20.1 Å². The van der Waals surface area contributed by atoms with Gasteiger partial charge in [-0.15, -0.1) is 0 Å². The van der Waals surface area contributed by atoms with Crippen LogP contribution >= 0.6 is 0 Å². The van der Waals surface area contributed by atoms with E-state index in [1.807, 2.05) is 0 Å². The van der Waals surface area contributed by atoms with E-state index in [1.165, 1.54) is 32.4 Å². The van der Waals surface area contributed by atoms with E-state index in [4.69, 9.17) is 0 Å². The Kier molecular flexibility index (Phi) is 3.35. The van der Waals surface area contributed by atoms with Crippen LogP contribution in [0.4, 0.5) is 0 Å². The molecular formula is C17H32N2+2. The maximum Gasteiger partial charge on any atom is 0.0929 e. The van der Waals surface area contributed by atoms with Gasteiger partial charge < -0.3 is 10.2 Å². The van der Waals surface area contributed by atoms with Crippen molar-refractivity contribution in [1.82, 2.24) is 0 Å². The molecule has 4 bridgehead atoms. The third kappa shape index (κ3) is 2.35. The smallest absolute Gasteiger partial charge is 0.0929 e. The van der Waals surface area contributed by atoms with Crippen LogP contribution in [0.2, 0.25) is 0 Å². The van der Waals surface area contributed by atoms with Gasteiger partial charge in [0.2, 0.25) is 0 Å². The molecule has 1 heterocycles. The first-order chi connectivity index (χ1) is 9.29. The molecule has 4 saturated carbocycles. The van der Waals surface area contributed by atoms with E-state index in [9.17, 15) is 0 Å². The van der Waals surface area contributed by atoms with Crippen molar-refractivity contribution in [1.29, 1.82) is 0 Å². The molecule has 0 radical (unpaired) electrons. The zero-order valence-corrected chi connectivity index (χ0v) is 12.6. The van der Waals surface area contributed by atoms with Gasteiger partial charge in [0.15, 0.2) is 0 Å². The molecular weight excluding hydrogens is 232 g/mol. The molecule has 5 rings (SSSR count). The molecule has 0 aromatic carbocycles. The lowest BCUT2D eigenvalue weighted by Crippen LogP contribution is -3.11. The Bertz CT molecular complexity index is 299. The molecule has 0 spiro atoms. The first-order valence-corrected chi connectivity index (χ1v) is 8.95. The van der Waals surface area contributed by atoms with Crippen molar-refractivity contribution >= 4 is 0 Å². The molecule has 1 unspecified atom stereocenters. The molecule has 1 saturated heterocycles. The van der Waals surface area contributed by atoms with Crippen molar-refractivity contribution < 1.29 is 10.2 Å². The zero-order chi connectivity index (χ0) is 12.8. The van der Waals surface area contributed by atoms with Crippen LogP contribution in [-0.2, 0) is 0 Å². The second-order valence-corrected chi connectivity index (χ2v) is 8.26. The van der Waals surface area contributed by atoms with Crippen molar-refractivity contribution in [3.05, 3.63) is 0 Å². The van der Waals surface area contributed by atoms with E-state index in [-0.39, 0.29) is 0 Å². The second-order valence-electron chi connectivity index (χ2n) is 8.26. The minimum absolute atomic E-state index is 0.980. The molecule has 2 heteroatoms. The summed E-state index contributed by atoms with van der Waals surface area (Å²) in [4.78, 5) is 1.80. The first kappa shape index (κ1) is 12.6. The summed E-state index contributed by atoms with van der Waals surface area (Å²) in [6.07, 6.45) is 12.4. The summed E-state index contributed by atoms with van der Waals surface area (Å²) in [6, 6.07) is 2.00. The Labute approximate surface area is 118 Å². The Morgan fingerprint density at radius 3 is 2.26 bits per heavy atom. The van der Waals surface area contributed by atoms with Crippen LogP contribution in [-0.4, -0.2) is 32.2 Å². The lowest BCUT2D eigenvalue weighted by molar-refractivity contribution is -0.894. The largest absolute Gasteiger partial charge is 0.343 e. The fraction of sp³-hybridized carbons (Fsp3) is 1.00. The molecule has 5 fully saturated rings. The van der Waals surface area contributed by atoms with Crippen LogP contribution in [0.3, 0.4) is 0 Å². The average molecular weight is 264 g/mol. The summed E-state index contributed by atoms with van der Waals surface area (Å²) >= 11 is 0. The van der Waals surface area contributed by atoms with Gasteiger partial charge in [-0.05, 0) is 43.9 Å². The molecule has 2 nitrogen and oxygen atoms in total. The fourth-order valence-corrected chi connectivity index (χ4v) is 6.31. The minimum atomic E-state index is 0.980. The molecule has 2 atom stereocenters. The molecule has 3 N–H and O–H groups in total. The highest BCUT2D eigenvalue weighted by atomic mass is 15.1. The number of hydrogen-bond donors (Lipinski definition) is 2. The topological polar surface area (TPSA) is 21.1 Å². The fourth-order valence-electron chi connectivity index (χ4n) is 6.31. The first-order valence-electron chi connectivity index (χ1n) is 8.95. The normalized spacial score (nSPS) is 51.9. The second kappa shape index (κ2) is 5.04. The van der Waals surface area contributed by atoms with Crippen LogP contribution in [0.5, 0.6) is 0 Å². The van der Waals surface area contributed by atoms with Gasteiger partial charge in [-0.2, -0.15) is 0 Å². The summed E-state index contributed by atoms with van der Waals surface area (Å²) in [6.45, 7) is 2.83. The van der Waals surface area contributed by atoms with Gasteiger partial charge >= 0.3 is 0 Å². The third-order valence-corrected chi connectivity index (χ3v) is 7.07. The Morgan fingerprint density at radius 1 is 1.00 bits per heavy atom. The summed E-state index contributed by atoms with van der Waals surface area (Å²) in [7, 11) is 2.40. The van der Waals surface area contributed by atoms with Gasteiger partial charge in [-0.3, -0.25) is 0 Å². The SMILES string of the molecule is C[NH+]1CCC[C@H]1CC[NH2+]C1C2CC3CC(C2)CC1C3. The van der Waals surface area contributed by atoms with Gasteiger partial charge in [0.1, 0.15) is 0 Å². The predicted molar refractivity (Wildman–Crippen MR) is 77.0 cm³/mol. The summed E-state index contributed by atoms with van der Waals surface area (Å²) < 4.78 is 0. The van der Waals surface area contributed by atoms with Crippen LogP contribution in [0.1, 0.15) is 51.4 Å². The maximum absolute atomic E-state index is 2.79. The van der Waals surface area contributed by atoms with Gasteiger partial charge in [-0.1, -0.05) is 0 Å². The molecule has 0 aromatic rings. The summed E-state index contributed by atoms with van der Waals surface area (Å²) in [5.74, 6) is 4.48. The van der Waals surface area contributed by atoms with Crippen LogP contribution < -0.4 is 10.2 Å². The monoisotopic (exact) mass is 264 g/mol. The predicted octanol–water partition coefficient (Wildman–Crippen LogP) is 0.442. The summed E-state index contributed by atoms with van der Waals surface area (Å²) in [5.41, 5.74) is 0. The Hall–Kier alpha value is -0.0800. The molecule has 5 aliphatic rings. The van der Waals surface area contributed by atoms with E-state index >= 15 is 0 Å². The van der Waals surface area contributed by atoms with E-state index < -0.39 is 0 Å². The van der Waals surface area contributed by atoms with Gasteiger partial charge in [0, 0.05) is 31.1 Å². The minimum Gasteiger partial charge on any atom is -0.343 e. The molecule has 4 aliphatic carbocycles. The van der Waals surface area contributed by atoms with Crippen LogP contribution in [0, 0.1) is 23.7 Å². The lowest BCUT2D eigenvalue weighted by Gasteiger charge is -2.52. The number of likely N-dealkylation sites (tertiary alicyclic amines) is 1. The Balaban J connectivity index is 1.29. The van der Waals surface area contributed by atoms with Gasteiger partial charge in [0.05, 0.1) is 32.2 Å². The highest BCUT2D eigenvalue weighted by Crippen LogP contribution is 2.52. The maximum atomic E-state index is 2.79. The van der Waals surface area contributed by atoms with Crippen LogP contribution in [0.25, 0.3) is 0 Å². The number of rotatable bonds is 4. The summed E-state index contributed by atoms with van der Waals surface area (Å²) in [5, 5.41) is 2.79. The highest BCUT2D eigenvalue weighted by Gasteiger charge is 2.50. The van der Waals surface area contributed by atoms with E-state index in [1.54, 1.807) is 37.0 Å². The molecule has 108 valence electrons. The standard InChI is InChI=1S/C17H30N2/c1-19-6-2-3-16(19)4-5-18-17-14-8-12-7-13(10-14)11-15(17)9-12/h12-18H,2-11H2,1H3/p+2/t12?,13?,14?,15?,16-,17?/m0/s1. The molecule has 0 amide bonds. The van der Waals surface area contributed by atoms with Crippen molar-refractivity contribution in [3.8, 4) is 0 Å². The van der Waals surface area contributed by atoms with E-state index in [2.05, 4.69) is 12.4 Å². The molecule has 0 aromatic heterocycles. The van der Waals surface area contributed by atoms with Crippen molar-refractivity contribution in [2.24, 2.45) is 23.7 Å². The zero-order valence-electron chi connectivity index (χ0n) is 12.6. The number of nitrogens with two attached hydrogens (primary N) is 1. The van der Waals surface area contributed by atoms with E-state index in [0.717, 1.165) is 35.8 Å².